The van der Waals surface area contributed by atoms with Crippen LogP contribution in [0, 0.1) is 5.92 Å². The Morgan fingerprint density at radius 1 is 1.53 bits per heavy atom. The molecule has 2 unspecified atom stereocenters. The van der Waals surface area contributed by atoms with Crippen LogP contribution >= 0.6 is 0 Å². The molecule has 2 N–H and O–H groups in total. The third-order valence-corrected chi connectivity index (χ3v) is 3.11. The molecule has 0 amide bonds. The van der Waals surface area contributed by atoms with Crippen molar-refractivity contribution < 1.29 is 19.7 Å². The maximum Gasteiger partial charge on any atom is 0.309 e. The zero-order chi connectivity index (χ0) is 11.7. The SMILES string of the molecule is CCC(C(=O)O)C1(O)CCOC(C)(C)C1. The van der Waals surface area contributed by atoms with E-state index in [1.165, 1.54) is 0 Å². The van der Waals surface area contributed by atoms with E-state index in [0.29, 0.717) is 25.9 Å². The number of aliphatic hydroxyl groups is 1. The molecular formula is C11H20O4. The van der Waals surface area contributed by atoms with Crippen molar-refractivity contribution in [3.05, 3.63) is 0 Å². The van der Waals surface area contributed by atoms with Gasteiger partial charge in [0.2, 0.25) is 0 Å². The molecule has 88 valence electrons. The van der Waals surface area contributed by atoms with Crippen molar-refractivity contribution in [1.82, 2.24) is 0 Å². The number of aliphatic carboxylic acids is 1. The second kappa shape index (κ2) is 4.10. The third-order valence-electron chi connectivity index (χ3n) is 3.11. The molecular weight excluding hydrogens is 196 g/mol. The fraction of sp³-hybridized carbons (Fsp3) is 0.909. The first-order valence-electron chi connectivity index (χ1n) is 5.40. The van der Waals surface area contributed by atoms with Gasteiger partial charge in [-0.1, -0.05) is 6.92 Å². The summed E-state index contributed by atoms with van der Waals surface area (Å²) in [4.78, 5) is 11.0. The molecule has 1 aliphatic rings. The van der Waals surface area contributed by atoms with Crippen LogP contribution in [-0.2, 0) is 9.53 Å². The van der Waals surface area contributed by atoms with Gasteiger partial charge in [-0.25, -0.2) is 0 Å². The van der Waals surface area contributed by atoms with Gasteiger partial charge in [-0.05, 0) is 20.3 Å². The first kappa shape index (κ1) is 12.5. The van der Waals surface area contributed by atoms with E-state index in [-0.39, 0.29) is 0 Å². The molecule has 0 bridgehead atoms. The zero-order valence-electron chi connectivity index (χ0n) is 9.62. The first-order chi connectivity index (χ1) is 6.81. The van der Waals surface area contributed by atoms with E-state index in [1.54, 1.807) is 6.92 Å². The Morgan fingerprint density at radius 2 is 2.13 bits per heavy atom. The Morgan fingerprint density at radius 3 is 2.53 bits per heavy atom. The van der Waals surface area contributed by atoms with Crippen molar-refractivity contribution in [3.8, 4) is 0 Å². The Hall–Kier alpha value is -0.610. The minimum absolute atomic E-state index is 0.380. The third kappa shape index (κ3) is 2.69. The lowest BCUT2D eigenvalue weighted by Gasteiger charge is -2.44. The first-order valence-corrected chi connectivity index (χ1v) is 5.40. The molecule has 0 aromatic carbocycles. The predicted molar refractivity (Wildman–Crippen MR) is 55.6 cm³/mol. The van der Waals surface area contributed by atoms with Crippen molar-refractivity contribution >= 4 is 5.97 Å². The molecule has 0 aromatic rings. The molecule has 1 saturated heterocycles. The van der Waals surface area contributed by atoms with Crippen molar-refractivity contribution in [2.24, 2.45) is 5.92 Å². The van der Waals surface area contributed by atoms with Crippen LogP contribution in [0.5, 0.6) is 0 Å². The van der Waals surface area contributed by atoms with Gasteiger partial charge >= 0.3 is 5.97 Å². The monoisotopic (exact) mass is 216 g/mol. The maximum absolute atomic E-state index is 11.0. The van der Waals surface area contributed by atoms with E-state index in [1.807, 2.05) is 13.8 Å². The summed E-state index contributed by atoms with van der Waals surface area (Å²) < 4.78 is 5.48. The van der Waals surface area contributed by atoms with E-state index in [9.17, 15) is 9.90 Å². The van der Waals surface area contributed by atoms with Crippen LogP contribution in [0.3, 0.4) is 0 Å². The highest BCUT2D eigenvalue weighted by atomic mass is 16.5. The van der Waals surface area contributed by atoms with Gasteiger partial charge in [0.15, 0.2) is 0 Å². The fourth-order valence-corrected chi connectivity index (χ4v) is 2.46. The average Bonchev–Trinajstić information content (AvgIpc) is 2.00. The quantitative estimate of drug-likeness (QED) is 0.748. The number of carboxylic acids is 1. The van der Waals surface area contributed by atoms with E-state index >= 15 is 0 Å². The van der Waals surface area contributed by atoms with Gasteiger partial charge in [0.25, 0.3) is 0 Å². The number of ether oxygens (including phenoxy) is 1. The lowest BCUT2D eigenvalue weighted by atomic mass is 9.74. The van der Waals surface area contributed by atoms with E-state index in [0.717, 1.165) is 0 Å². The van der Waals surface area contributed by atoms with Crippen LogP contribution < -0.4 is 0 Å². The molecule has 0 aliphatic carbocycles. The molecule has 0 saturated carbocycles. The Bertz CT molecular complexity index is 249. The van der Waals surface area contributed by atoms with Gasteiger partial charge in [0.1, 0.15) is 0 Å². The number of hydrogen-bond acceptors (Lipinski definition) is 3. The van der Waals surface area contributed by atoms with Crippen LogP contribution in [-0.4, -0.2) is 34.0 Å². The molecule has 1 rings (SSSR count). The lowest BCUT2D eigenvalue weighted by molar-refractivity contribution is -0.182. The van der Waals surface area contributed by atoms with Crippen molar-refractivity contribution in [2.45, 2.75) is 51.2 Å². The molecule has 4 nitrogen and oxygen atoms in total. The summed E-state index contributed by atoms with van der Waals surface area (Å²) in [6.45, 7) is 5.98. The predicted octanol–water partition coefficient (Wildman–Crippen LogP) is 1.42. The van der Waals surface area contributed by atoms with Crippen LogP contribution in [0.25, 0.3) is 0 Å². The van der Waals surface area contributed by atoms with Crippen molar-refractivity contribution in [3.63, 3.8) is 0 Å². The largest absolute Gasteiger partial charge is 0.481 e. The summed E-state index contributed by atoms with van der Waals surface area (Å²) >= 11 is 0. The maximum atomic E-state index is 11.0. The number of carboxylic acid groups (broad SMARTS) is 1. The topological polar surface area (TPSA) is 66.8 Å². The van der Waals surface area contributed by atoms with Crippen LogP contribution in [0.1, 0.15) is 40.0 Å². The van der Waals surface area contributed by atoms with Crippen molar-refractivity contribution in [1.29, 1.82) is 0 Å². The number of hydrogen-bond donors (Lipinski definition) is 2. The normalized spacial score (nSPS) is 32.3. The summed E-state index contributed by atoms with van der Waals surface area (Å²) in [5.74, 6) is -1.61. The molecule has 0 spiro atoms. The molecule has 2 atom stereocenters. The highest BCUT2D eigenvalue weighted by molar-refractivity contribution is 5.71. The summed E-state index contributed by atoms with van der Waals surface area (Å²) in [6, 6.07) is 0. The van der Waals surface area contributed by atoms with Gasteiger partial charge in [-0.15, -0.1) is 0 Å². The second-order valence-corrected chi connectivity index (χ2v) is 4.94. The second-order valence-electron chi connectivity index (χ2n) is 4.94. The van der Waals surface area contributed by atoms with Gasteiger partial charge in [0, 0.05) is 12.8 Å². The van der Waals surface area contributed by atoms with Gasteiger partial charge in [-0.3, -0.25) is 4.79 Å². The van der Waals surface area contributed by atoms with Crippen molar-refractivity contribution in [2.75, 3.05) is 6.61 Å². The zero-order valence-corrected chi connectivity index (χ0v) is 9.62. The smallest absolute Gasteiger partial charge is 0.309 e. The molecule has 0 radical (unpaired) electrons. The minimum atomic E-state index is -1.12. The minimum Gasteiger partial charge on any atom is -0.481 e. The molecule has 15 heavy (non-hydrogen) atoms. The van der Waals surface area contributed by atoms with Crippen LogP contribution in [0.15, 0.2) is 0 Å². The summed E-state index contributed by atoms with van der Waals surface area (Å²) in [5.41, 5.74) is -1.56. The molecule has 1 heterocycles. The molecule has 1 fully saturated rings. The van der Waals surface area contributed by atoms with Crippen LogP contribution in [0.2, 0.25) is 0 Å². The number of carbonyl (C=O) groups is 1. The summed E-state index contributed by atoms with van der Waals surface area (Å²) in [6.07, 6.45) is 1.23. The van der Waals surface area contributed by atoms with Gasteiger partial charge < -0.3 is 14.9 Å². The standard InChI is InChI=1S/C11H20O4/c1-4-8(9(12)13)11(14)5-6-15-10(2,3)7-11/h8,14H,4-7H2,1-3H3,(H,12,13). The fourth-order valence-electron chi connectivity index (χ4n) is 2.46. The Balaban J connectivity index is 2.84. The average molecular weight is 216 g/mol. The molecule has 0 aromatic heterocycles. The highest BCUT2D eigenvalue weighted by Gasteiger charge is 2.47. The van der Waals surface area contributed by atoms with E-state index in [4.69, 9.17) is 9.84 Å². The summed E-state index contributed by atoms with van der Waals surface area (Å²) in [5, 5.41) is 19.4. The Labute approximate surface area is 90.2 Å². The van der Waals surface area contributed by atoms with E-state index < -0.39 is 23.1 Å². The molecule has 4 heteroatoms. The van der Waals surface area contributed by atoms with Gasteiger partial charge in [0.05, 0.1) is 23.7 Å². The molecule has 1 aliphatic heterocycles. The van der Waals surface area contributed by atoms with E-state index in [2.05, 4.69) is 0 Å². The number of rotatable bonds is 3. The Kier molecular flexibility index (Phi) is 3.41. The van der Waals surface area contributed by atoms with Gasteiger partial charge in [-0.2, -0.15) is 0 Å². The highest BCUT2D eigenvalue weighted by Crippen LogP contribution is 2.38. The lowest BCUT2D eigenvalue weighted by Crippen LogP contribution is -2.52. The summed E-state index contributed by atoms with van der Waals surface area (Å²) in [7, 11) is 0. The van der Waals surface area contributed by atoms with Crippen LogP contribution in [0.4, 0.5) is 0 Å².